The van der Waals surface area contributed by atoms with Crippen molar-refractivity contribution in [3.8, 4) is 56.3 Å². The lowest BCUT2D eigenvalue weighted by atomic mass is 9.99. The van der Waals surface area contributed by atoms with Crippen molar-refractivity contribution < 1.29 is 22.8 Å². The van der Waals surface area contributed by atoms with Crippen molar-refractivity contribution in [2.75, 3.05) is 0 Å². The zero-order valence-corrected chi connectivity index (χ0v) is 75.5. The Morgan fingerprint density at radius 3 is 0.825 bits per heavy atom. The standard InChI is InChI=1S/C20H30NSi.2C19H28NSi.C18H26NSi.C17H24NSi/c1-15(2)12-17-13-19(18-11-9-8-10-16(18)3)21(4)14-20(17)22(5,6)7;1-14(2)17-12-18(16-11-9-8-10-15(16)3)20(4)13-19(17)21(5,6)7;1-7-10-16-13-18(17-12-9-8-11-15(17)2)20(3)14-19(16)21(4,5)6;1-7-15-12-17(16-11-9-8-10-14(16)2)19(3)13-18(15)20(4,5)6;1-13-9-7-8-10-15(13)16-11-14(2)17(12-18(16)3)19(4,5)6/h8-11,13-15H,12H2,1-7H3;8-14H,1-7H3;8-9,11-14H,7,10H2,1-6H3;8-13H,7H2,1-6H3;7-12H,1-6H3/q5*+1. The minimum Gasteiger partial charge on any atom is -0.201 e. The molecule has 0 bridgehead atoms. The summed E-state index contributed by atoms with van der Waals surface area (Å²) in [5.41, 5.74) is 27.5. The number of rotatable bonds is 16. The van der Waals surface area contributed by atoms with Gasteiger partial charge in [-0.3, -0.25) is 0 Å². The van der Waals surface area contributed by atoms with Crippen LogP contribution in [0, 0.1) is 47.5 Å². The molecule has 0 saturated heterocycles. The topological polar surface area (TPSA) is 19.4 Å². The molecule has 0 unspecified atom stereocenters. The fourth-order valence-corrected chi connectivity index (χ4v) is 23.3. The van der Waals surface area contributed by atoms with Crippen LogP contribution in [-0.2, 0) is 54.5 Å². The Kier molecular flexibility index (Phi) is 29.5. The van der Waals surface area contributed by atoms with E-state index in [0.29, 0.717) is 11.8 Å². The maximum atomic E-state index is 2.44. The first-order valence-corrected chi connectivity index (χ1v) is 55.8. The molecule has 5 aromatic heterocycles. The number of aryl methyl sites for hydroxylation is 13. The third-order valence-electron chi connectivity index (χ3n) is 20.2. The van der Waals surface area contributed by atoms with E-state index < -0.39 is 40.4 Å². The van der Waals surface area contributed by atoms with E-state index in [1.807, 2.05) is 0 Å². The second-order valence-electron chi connectivity index (χ2n) is 35.3. The number of benzene rings is 5. The van der Waals surface area contributed by atoms with E-state index >= 15 is 0 Å². The molecule has 0 aliphatic heterocycles. The zero-order chi connectivity index (χ0) is 77.0. The molecule has 10 rings (SSSR count). The lowest BCUT2D eigenvalue weighted by Gasteiger charge is -2.22. The molecule has 5 heterocycles. The molecule has 10 heteroatoms. The maximum absolute atomic E-state index is 2.44. The zero-order valence-electron chi connectivity index (χ0n) is 70.5. The predicted octanol–water partition coefficient (Wildman–Crippen LogP) is 19.3. The summed E-state index contributed by atoms with van der Waals surface area (Å²) in [5.74, 6) is 1.25. The van der Waals surface area contributed by atoms with Crippen LogP contribution in [0.1, 0.15) is 110 Å². The van der Waals surface area contributed by atoms with Crippen LogP contribution in [0.15, 0.2) is 183 Å². The van der Waals surface area contributed by atoms with Crippen molar-refractivity contribution in [2.45, 2.75) is 213 Å². The Hall–Kier alpha value is -7.07. The number of aromatic nitrogens is 5. The summed E-state index contributed by atoms with van der Waals surface area (Å²) in [5, 5.41) is 7.91. The van der Waals surface area contributed by atoms with Gasteiger partial charge in [0.05, 0.1) is 40.4 Å². The van der Waals surface area contributed by atoms with Crippen molar-refractivity contribution in [1.82, 2.24) is 0 Å². The van der Waals surface area contributed by atoms with Gasteiger partial charge in [-0.05, 0) is 159 Å². The molecule has 0 amide bonds. The van der Waals surface area contributed by atoms with Gasteiger partial charge in [-0.1, -0.05) is 237 Å². The number of hydrogen-bond donors (Lipinski definition) is 0. The van der Waals surface area contributed by atoms with Crippen LogP contribution < -0.4 is 48.8 Å². The fourth-order valence-electron chi connectivity index (χ4n) is 14.4. The Morgan fingerprint density at radius 2 is 0.544 bits per heavy atom. The van der Waals surface area contributed by atoms with Gasteiger partial charge in [0, 0.05) is 84.1 Å². The van der Waals surface area contributed by atoms with E-state index in [2.05, 4.69) is 422 Å². The molecule has 0 radical (unpaired) electrons. The number of nitrogens with zero attached hydrogens (tertiary/aromatic N) is 5. The van der Waals surface area contributed by atoms with Gasteiger partial charge in [0.25, 0.3) is 0 Å². The normalized spacial score (nSPS) is 11.8. The van der Waals surface area contributed by atoms with E-state index in [9.17, 15) is 0 Å². The first kappa shape index (κ1) is 84.9. The third kappa shape index (κ3) is 22.5. The predicted molar refractivity (Wildman–Crippen MR) is 465 cm³/mol. The van der Waals surface area contributed by atoms with Crippen LogP contribution in [-0.4, -0.2) is 40.4 Å². The largest absolute Gasteiger partial charge is 0.212 e. The summed E-state index contributed by atoms with van der Waals surface area (Å²) in [6.07, 6.45) is 16.5. The monoisotopic (exact) mass is 1460 g/mol. The van der Waals surface area contributed by atoms with Gasteiger partial charge < -0.3 is 0 Å². The lowest BCUT2D eigenvalue weighted by molar-refractivity contribution is -0.659. The highest BCUT2D eigenvalue weighted by molar-refractivity contribution is 6.90. The molecule has 10 aromatic rings. The summed E-state index contributed by atoms with van der Waals surface area (Å²) in [7, 11) is 4.35. The molecule has 103 heavy (non-hydrogen) atoms. The van der Waals surface area contributed by atoms with Gasteiger partial charge in [-0.15, -0.1) is 0 Å². The van der Waals surface area contributed by atoms with E-state index in [1.165, 1.54) is 120 Å². The Labute approximate surface area is 633 Å². The first-order chi connectivity index (χ1) is 47.9. The average Bonchev–Trinajstić information content (AvgIpc) is 0.809. The van der Waals surface area contributed by atoms with E-state index in [4.69, 9.17) is 0 Å². The van der Waals surface area contributed by atoms with Crippen LogP contribution in [0.5, 0.6) is 0 Å². The molecule has 0 aliphatic carbocycles. The fraction of sp³-hybridized carbons (Fsp3) is 0.409. The van der Waals surface area contributed by atoms with Crippen LogP contribution in [0.2, 0.25) is 98.2 Å². The van der Waals surface area contributed by atoms with Gasteiger partial charge in [0.15, 0.2) is 31.0 Å². The Morgan fingerprint density at radius 1 is 0.291 bits per heavy atom. The average molecular weight is 1460 g/mol. The van der Waals surface area contributed by atoms with Crippen molar-refractivity contribution >= 4 is 66.3 Å². The minimum absolute atomic E-state index is 0.565. The van der Waals surface area contributed by atoms with Crippen molar-refractivity contribution in [3.05, 3.63) is 238 Å². The molecular weight excluding hydrogens is 1330 g/mol. The van der Waals surface area contributed by atoms with Crippen molar-refractivity contribution in [3.63, 3.8) is 0 Å². The smallest absolute Gasteiger partial charge is 0.201 e. The second kappa shape index (κ2) is 35.8. The molecule has 0 atom stereocenters. The highest BCUT2D eigenvalue weighted by atomic mass is 28.3. The molecule has 5 aromatic carbocycles. The van der Waals surface area contributed by atoms with Gasteiger partial charge in [0.2, 0.25) is 28.5 Å². The summed E-state index contributed by atoms with van der Waals surface area (Å²) in [6.45, 7) is 63.4. The minimum atomic E-state index is -1.33. The highest BCUT2D eigenvalue weighted by Crippen LogP contribution is 2.28. The first-order valence-electron chi connectivity index (χ1n) is 38.3. The molecule has 0 fully saturated rings. The maximum Gasteiger partial charge on any atom is 0.212 e. The summed E-state index contributed by atoms with van der Waals surface area (Å²) in [6, 6.07) is 55.3. The molecule has 5 nitrogen and oxygen atoms in total. The summed E-state index contributed by atoms with van der Waals surface area (Å²) < 4.78 is 11.5. The van der Waals surface area contributed by atoms with Gasteiger partial charge in [-0.25, -0.2) is 22.8 Å². The molecule has 0 spiro atoms. The highest BCUT2D eigenvalue weighted by Gasteiger charge is 2.32. The molecule has 0 N–H and O–H groups in total. The SMILES string of the molecule is CCCc1cc(-c2ccccc2C)[n+](C)cc1[Si](C)(C)C.CCc1cc(-c2ccccc2C)[n+](C)cc1[Si](C)(C)C.Cc1ccccc1-c1cc(C(C)C)c([Si](C)(C)C)c[n+]1C.Cc1ccccc1-c1cc(C)c([Si](C)(C)C)c[n+]1C.Cc1ccccc1-c1cc(CC(C)C)c([Si](C)(C)C)c[n+]1C. The van der Waals surface area contributed by atoms with Crippen LogP contribution in [0.3, 0.4) is 0 Å². The van der Waals surface area contributed by atoms with Crippen molar-refractivity contribution in [2.24, 2.45) is 41.2 Å². The number of hydrogen-bond acceptors (Lipinski definition) is 0. The van der Waals surface area contributed by atoms with Crippen LogP contribution in [0.25, 0.3) is 56.3 Å². The second-order valence-corrected chi connectivity index (χ2v) is 60.5. The molecular formula is C93H136N5Si5+5. The molecule has 0 saturated carbocycles. The lowest BCUT2D eigenvalue weighted by Crippen LogP contribution is -2.47. The van der Waals surface area contributed by atoms with E-state index in [0.717, 1.165) is 6.42 Å². The third-order valence-corrected chi connectivity index (χ3v) is 30.5. The molecule has 0 aliphatic rings. The van der Waals surface area contributed by atoms with Crippen LogP contribution in [0.4, 0.5) is 0 Å². The summed E-state index contributed by atoms with van der Waals surface area (Å²) >= 11 is 0. The van der Waals surface area contributed by atoms with Crippen molar-refractivity contribution in [1.29, 1.82) is 0 Å². The number of pyridine rings is 5. The van der Waals surface area contributed by atoms with Crippen LogP contribution >= 0.6 is 0 Å². The quantitative estimate of drug-likeness (QED) is 0.0679. The van der Waals surface area contributed by atoms with E-state index in [1.54, 1.807) is 37.1 Å². The van der Waals surface area contributed by atoms with E-state index in [-0.39, 0.29) is 0 Å². The molecule has 548 valence electrons. The summed E-state index contributed by atoms with van der Waals surface area (Å²) in [4.78, 5) is 0. The van der Waals surface area contributed by atoms with Gasteiger partial charge in [-0.2, -0.15) is 0 Å². The Bertz CT molecular complexity index is 4520. The Balaban J connectivity index is 0.000000202. The van der Waals surface area contributed by atoms with Gasteiger partial charge in [0.1, 0.15) is 35.2 Å². The van der Waals surface area contributed by atoms with Gasteiger partial charge >= 0.3 is 0 Å².